The Hall–Kier alpha value is -1.84. The van der Waals surface area contributed by atoms with Gasteiger partial charge in [0, 0.05) is 16.4 Å². The molecule has 1 atom stereocenters. The van der Waals surface area contributed by atoms with Crippen molar-refractivity contribution in [1.29, 1.82) is 0 Å². The number of nitrogens with one attached hydrogen (secondary N) is 1. The lowest BCUT2D eigenvalue weighted by Gasteiger charge is -2.31. The lowest BCUT2D eigenvalue weighted by atomic mass is 9.86. The molecule has 0 aromatic heterocycles. The first kappa shape index (κ1) is 19.9. The fraction of sp³-hybridized carbons (Fsp3) is 0.353. The zero-order valence-electron chi connectivity index (χ0n) is 14.7. The summed E-state index contributed by atoms with van der Waals surface area (Å²) in [6.45, 7) is 1.57. The number of rotatable bonds is 2. The van der Waals surface area contributed by atoms with Crippen LogP contribution in [0.15, 0.2) is 46.1 Å². The van der Waals surface area contributed by atoms with Crippen LogP contribution in [0.25, 0.3) is 0 Å². The fourth-order valence-corrected chi connectivity index (χ4v) is 7.74. The third-order valence-corrected chi connectivity index (χ3v) is 8.63. The Kier molecular flexibility index (Phi) is 5.13. The zero-order valence-corrected chi connectivity index (χ0v) is 17.0. The molecule has 1 aromatic rings. The summed E-state index contributed by atoms with van der Waals surface area (Å²) in [6.07, 6.45) is 0. The van der Waals surface area contributed by atoms with Crippen LogP contribution in [-0.2, 0) is 29.2 Å². The quantitative estimate of drug-likeness (QED) is 0.707. The summed E-state index contributed by atoms with van der Waals surface area (Å²) in [7, 11) is -6.38. The molecule has 27 heavy (non-hydrogen) atoms. The Morgan fingerprint density at radius 1 is 1.19 bits per heavy atom. The van der Waals surface area contributed by atoms with E-state index in [9.17, 15) is 21.6 Å². The third kappa shape index (κ3) is 3.63. The van der Waals surface area contributed by atoms with Gasteiger partial charge in [0.1, 0.15) is 0 Å². The summed E-state index contributed by atoms with van der Waals surface area (Å²) in [4.78, 5) is 12.3. The minimum Gasteiger partial charge on any atom is -0.466 e. The highest BCUT2D eigenvalue weighted by atomic mass is 35.5. The normalized spacial score (nSPS) is 23.9. The molecule has 0 radical (unpaired) electrons. The Labute approximate surface area is 162 Å². The molecule has 0 aliphatic carbocycles. The predicted molar refractivity (Wildman–Crippen MR) is 102 cm³/mol. The van der Waals surface area contributed by atoms with Crippen molar-refractivity contribution in [1.82, 2.24) is 5.32 Å². The standard InChI is InChI=1S/C17H18ClNO6S2/c1-10-14(17(20)25-2)15(11-5-3-4-6-12(11)18)16-13(19-10)9-26(21,22)7-8-27(16,23)24/h3-6,15,19H,7-9H2,1-2H3. The number of methoxy groups -OCH3 is 1. The number of halogens is 1. The minimum atomic E-state index is -3.97. The van der Waals surface area contributed by atoms with Gasteiger partial charge < -0.3 is 10.1 Å². The average Bonchev–Trinajstić information content (AvgIpc) is 2.67. The number of esters is 1. The van der Waals surface area contributed by atoms with Crippen molar-refractivity contribution >= 4 is 37.2 Å². The van der Waals surface area contributed by atoms with Crippen LogP contribution in [0.1, 0.15) is 18.4 Å². The summed E-state index contributed by atoms with van der Waals surface area (Å²) < 4.78 is 55.3. The molecule has 2 aliphatic rings. The molecule has 0 fully saturated rings. The Morgan fingerprint density at radius 2 is 1.85 bits per heavy atom. The third-order valence-electron chi connectivity index (χ3n) is 4.57. The molecular weight excluding hydrogens is 414 g/mol. The van der Waals surface area contributed by atoms with Crippen LogP contribution in [0.4, 0.5) is 0 Å². The highest BCUT2D eigenvalue weighted by molar-refractivity contribution is 7.98. The first-order valence-electron chi connectivity index (χ1n) is 8.04. The first-order valence-corrected chi connectivity index (χ1v) is 11.9. The maximum atomic E-state index is 13.0. The van der Waals surface area contributed by atoms with E-state index in [1.807, 2.05) is 0 Å². The summed E-state index contributed by atoms with van der Waals surface area (Å²) >= 11 is 6.31. The molecule has 10 heteroatoms. The van der Waals surface area contributed by atoms with Crippen LogP contribution in [0.5, 0.6) is 0 Å². The highest BCUT2D eigenvalue weighted by Gasteiger charge is 2.44. The van der Waals surface area contributed by atoms with Crippen LogP contribution < -0.4 is 5.32 Å². The SMILES string of the molecule is COC(=O)C1=C(C)NC2=C(C1c1ccccc1Cl)S(=O)(=O)CCS(=O)(=O)C2. The smallest absolute Gasteiger partial charge is 0.336 e. The van der Waals surface area contributed by atoms with Gasteiger partial charge in [-0.3, -0.25) is 0 Å². The van der Waals surface area contributed by atoms with E-state index < -0.39 is 48.8 Å². The monoisotopic (exact) mass is 431 g/mol. The van der Waals surface area contributed by atoms with E-state index in [-0.39, 0.29) is 21.2 Å². The second-order valence-corrected chi connectivity index (χ2v) is 11.0. The largest absolute Gasteiger partial charge is 0.466 e. The second kappa shape index (κ2) is 6.96. The average molecular weight is 432 g/mol. The minimum absolute atomic E-state index is 0.0579. The number of benzene rings is 1. The van der Waals surface area contributed by atoms with E-state index in [0.29, 0.717) is 11.3 Å². The lowest BCUT2D eigenvalue weighted by molar-refractivity contribution is -0.136. The van der Waals surface area contributed by atoms with Gasteiger partial charge in [0.05, 0.1) is 40.8 Å². The molecule has 2 aliphatic heterocycles. The van der Waals surface area contributed by atoms with Crippen LogP contribution in [0, 0.1) is 0 Å². The van der Waals surface area contributed by atoms with Crippen LogP contribution >= 0.6 is 11.6 Å². The molecule has 3 rings (SSSR count). The first-order chi connectivity index (χ1) is 12.6. The van der Waals surface area contributed by atoms with Gasteiger partial charge in [0.15, 0.2) is 19.7 Å². The number of hydrogen-bond donors (Lipinski definition) is 1. The van der Waals surface area contributed by atoms with Crippen molar-refractivity contribution in [2.45, 2.75) is 12.8 Å². The maximum Gasteiger partial charge on any atom is 0.336 e. The molecule has 2 heterocycles. The maximum absolute atomic E-state index is 13.0. The summed E-state index contributed by atoms with van der Waals surface area (Å²) in [5.41, 5.74) is 0.878. The Bertz CT molecular complexity index is 1090. The van der Waals surface area contributed by atoms with E-state index >= 15 is 0 Å². The topological polar surface area (TPSA) is 107 Å². The fourth-order valence-electron chi connectivity index (χ4n) is 3.38. The second-order valence-electron chi connectivity index (χ2n) is 6.36. The van der Waals surface area contributed by atoms with Gasteiger partial charge in [-0.1, -0.05) is 29.8 Å². The summed E-state index contributed by atoms with van der Waals surface area (Å²) in [5, 5.41) is 3.08. The van der Waals surface area contributed by atoms with Crippen molar-refractivity contribution in [3.05, 3.63) is 56.7 Å². The summed E-state index contributed by atoms with van der Waals surface area (Å²) in [6, 6.07) is 6.56. The number of ether oxygens (including phenoxy) is 1. The molecule has 0 spiro atoms. The van der Waals surface area contributed by atoms with Gasteiger partial charge in [-0.05, 0) is 18.6 Å². The van der Waals surface area contributed by atoms with Crippen molar-refractivity contribution < 1.29 is 26.4 Å². The van der Waals surface area contributed by atoms with E-state index in [1.165, 1.54) is 7.11 Å². The summed E-state index contributed by atoms with van der Waals surface area (Å²) in [5.74, 6) is -3.23. The van der Waals surface area contributed by atoms with Crippen molar-refractivity contribution in [3.63, 3.8) is 0 Å². The lowest BCUT2D eigenvalue weighted by Crippen LogP contribution is -2.33. The number of dihydropyridines is 1. The Balaban J connectivity index is 2.36. The number of hydrogen-bond acceptors (Lipinski definition) is 7. The molecular formula is C17H18ClNO6S2. The van der Waals surface area contributed by atoms with E-state index in [0.717, 1.165) is 0 Å². The molecule has 0 saturated heterocycles. The van der Waals surface area contributed by atoms with Gasteiger partial charge in [-0.25, -0.2) is 21.6 Å². The molecule has 1 N–H and O–H groups in total. The molecule has 146 valence electrons. The van der Waals surface area contributed by atoms with Gasteiger partial charge in [0.2, 0.25) is 0 Å². The van der Waals surface area contributed by atoms with Crippen molar-refractivity contribution in [3.8, 4) is 0 Å². The van der Waals surface area contributed by atoms with Gasteiger partial charge in [0.25, 0.3) is 0 Å². The van der Waals surface area contributed by atoms with Crippen molar-refractivity contribution in [2.24, 2.45) is 0 Å². The molecule has 1 unspecified atom stereocenters. The van der Waals surface area contributed by atoms with Gasteiger partial charge in [-0.15, -0.1) is 0 Å². The molecule has 0 saturated carbocycles. The van der Waals surface area contributed by atoms with Gasteiger partial charge in [-0.2, -0.15) is 0 Å². The highest BCUT2D eigenvalue weighted by Crippen LogP contribution is 2.44. The molecule has 1 aromatic carbocycles. The molecule has 0 bridgehead atoms. The molecule has 0 amide bonds. The van der Waals surface area contributed by atoms with E-state index in [2.05, 4.69) is 5.32 Å². The van der Waals surface area contributed by atoms with E-state index in [1.54, 1.807) is 31.2 Å². The number of sulfone groups is 2. The van der Waals surface area contributed by atoms with Crippen LogP contribution in [-0.4, -0.2) is 47.2 Å². The van der Waals surface area contributed by atoms with Gasteiger partial charge >= 0.3 is 5.97 Å². The number of allylic oxidation sites excluding steroid dienone is 2. The van der Waals surface area contributed by atoms with Crippen molar-refractivity contribution in [2.75, 3.05) is 24.4 Å². The van der Waals surface area contributed by atoms with E-state index in [4.69, 9.17) is 16.3 Å². The Morgan fingerprint density at radius 3 is 2.48 bits per heavy atom. The predicted octanol–water partition coefficient (Wildman–Crippen LogP) is 1.53. The molecule has 7 nitrogen and oxygen atoms in total. The van der Waals surface area contributed by atoms with Crippen LogP contribution in [0.2, 0.25) is 5.02 Å². The van der Waals surface area contributed by atoms with Crippen LogP contribution in [0.3, 0.4) is 0 Å². The number of carbonyl (C=O) groups excluding carboxylic acids is 1. The zero-order chi connectivity index (χ0) is 20.0. The number of carbonyl (C=O) groups is 1.